The van der Waals surface area contributed by atoms with E-state index >= 15 is 0 Å². The summed E-state index contributed by atoms with van der Waals surface area (Å²) < 4.78 is 25.8. The summed E-state index contributed by atoms with van der Waals surface area (Å²) in [7, 11) is 0.865. The number of hydrogen-bond donors (Lipinski definition) is 1. The lowest BCUT2D eigenvalue weighted by atomic mass is 9.79. The van der Waals surface area contributed by atoms with Crippen LogP contribution in [-0.2, 0) is 10.8 Å². The first-order valence-electron chi connectivity index (χ1n) is 7.36. The molecular formula is C16H24FNOS. The summed E-state index contributed by atoms with van der Waals surface area (Å²) in [6.07, 6.45) is 3.24. The number of rotatable bonds is 4. The Hall–Kier alpha value is -0.740. The van der Waals surface area contributed by atoms with Gasteiger partial charge in [-0.3, -0.25) is 4.21 Å². The Labute approximate surface area is 123 Å². The molecule has 0 aromatic heterocycles. The van der Waals surface area contributed by atoms with Crippen LogP contribution in [-0.4, -0.2) is 22.5 Å². The van der Waals surface area contributed by atoms with E-state index in [4.69, 9.17) is 0 Å². The molecule has 0 saturated heterocycles. The molecule has 0 spiro atoms. The molecule has 4 heteroatoms. The summed E-state index contributed by atoms with van der Waals surface area (Å²) in [4.78, 5) is 0.737. The van der Waals surface area contributed by atoms with Crippen LogP contribution in [0.5, 0.6) is 0 Å². The van der Waals surface area contributed by atoms with E-state index in [1.807, 2.05) is 7.05 Å². The molecule has 0 radical (unpaired) electrons. The van der Waals surface area contributed by atoms with Gasteiger partial charge in [0.1, 0.15) is 5.82 Å². The first-order chi connectivity index (χ1) is 9.52. The third kappa shape index (κ3) is 3.47. The molecule has 4 atom stereocenters. The molecule has 112 valence electrons. The Morgan fingerprint density at radius 2 is 1.90 bits per heavy atom. The standard InChI is InChI=1S/C16H24FNOS/c1-11(2)12-4-9-15(18-3)16(10-12)20(19)14-7-5-13(17)6-8-14/h5-8,11-12,15-16,18H,4,9-10H2,1-3H3. The van der Waals surface area contributed by atoms with Gasteiger partial charge >= 0.3 is 0 Å². The van der Waals surface area contributed by atoms with Crippen molar-refractivity contribution in [1.29, 1.82) is 0 Å². The summed E-state index contributed by atoms with van der Waals surface area (Å²) in [6, 6.07) is 6.37. The Balaban J connectivity index is 2.17. The average Bonchev–Trinajstić information content (AvgIpc) is 2.46. The molecule has 20 heavy (non-hydrogen) atoms. The van der Waals surface area contributed by atoms with E-state index in [0.717, 1.165) is 17.7 Å². The molecule has 1 aromatic carbocycles. The maximum Gasteiger partial charge on any atom is 0.123 e. The number of benzene rings is 1. The highest BCUT2D eigenvalue weighted by atomic mass is 32.2. The third-order valence-corrected chi connectivity index (χ3v) is 6.27. The molecule has 0 amide bonds. The van der Waals surface area contributed by atoms with Crippen LogP contribution in [0.4, 0.5) is 4.39 Å². The van der Waals surface area contributed by atoms with Crippen molar-refractivity contribution < 1.29 is 8.60 Å². The number of halogens is 1. The topological polar surface area (TPSA) is 29.1 Å². The minimum Gasteiger partial charge on any atom is -0.316 e. The minimum atomic E-state index is -1.07. The van der Waals surface area contributed by atoms with Crippen LogP contribution in [0.2, 0.25) is 0 Å². The van der Waals surface area contributed by atoms with Crippen LogP contribution < -0.4 is 5.32 Å². The fourth-order valence-corrected chi connectivity index (χ4v) is 4.82. The molecule has 2 nitrogen and oxygen atoms in total. The van der Waals surface area contributed by atoms with E-state index in [2.05, 4.69) is 19.2 Å². The lowest BCUT2D eigenvalue weighted by Crippen LogP contribution is -2.45. The van der Waals surface area contributed by atoms with Crippen LogP contribution in [0.25, 0.3) is 0 Å². The zero-order valence-corrected chi connectivity index (χ0v) is 13.3. The van der Waals surface area contributed by atoms with Gasteiger partial charge in [-0.05, 0) is 62.4 Å². The second-order valence-corrected chi connectivity index (χ2v) is 7.67. The summed E-state index contributed by atoms with van der Waals surface area (Å²) in [5.74, 6) is 0.981. The van der Waals surface area contributed by atoms with E-state index in [1.54, 1.807) is 12.1 Å². The SMILES string of the molecule is CNC1CCC(C(C)C)CC1S(=O)c1ccc(F)cc1. The maximum absolute atomic E-state index is 13.0. The Morgan fingerprint density at radius 3 is 2.45 bits per heavy atom. The van der Waals surface area contributed by atoms with Crippen LogP contribution in [0, 0.1) is 17.7 Å². The minimum absolute atomic E-state index is 0.117. The second-order valence-electron chi connectivity index (χ2n) is 6.00. The van der Waals surface area contributed by atoms with Crippen molar-refractivity contribution in [2.75, 3.05) is 7.05 Å². The predicted octanol–water partition coefficient (Wildman–Crippen LogP) is 3.35. The highest BCUT2D eigenvalue weighted by Gasteiger charge is 2.35. The highest BCUT2D eigenvalue weighted by Crippen LogP contribution is 2.34. The average molecular weight is 297 g/mol. The monoisotopic (exact) mass is 297 g/mol. The van der Waals surface area contributed by atoms with Gasteiger partial charge < -0.3 is 5.32 Å². The molecular weight excluding hydrogens is 273 g/mol. The highest BCUT2D eigenvalue weighted by molar-refractivity contribution is 7.85. The lowest BCUT2D eigenvalue weighted by Gasteiger charge is -2.37. The number of nitrogens with one attached hydrogen (secondary N) is 1. The van der Waals surface area contributed by atoms with E-state index in [9.17, 15) is 8.60 Å². The summed E-state index contributed by atoms with van der Waals surface area (Å²) in [5, 5.41) is 3.43. The maximum atomic E-state index is 13.0. The van der Waals surface area contributed by atoms with Crippen molar-refractivity contribution in [3.8, 4) is 0 Å². The van der Waals surface area contributed by atoms with Gasteiger partial charge in [0.15, 0.2) is 0 Å². The molecule has 1 saturated carbocycles. The second kappa shape index (κ2) is 6.81. The molecule has 1 aromatic rings. The molecule has 4 unspecified atom stereocenters. The van der Waals surface area contributed by atoms with Crippen molar-refractivity contribution in [3.05, 3.63) is 30.1 Å². The molecule has 2 rings (SSSR count). The molecule has 0 bridgehead atoms. The molecule has 0 aliphatic heterocycles. The van der Waals surface area contributed by atoms with Crippen molar-refractivity contribution in [2.45, 2.75) is 49.3 Å². The molecule has 1 aliphatic carbocycles. The first-order valence-corrected chi connectivity index (χ1v) is 8.57. The zero-order valence-electron chi connectivity index (χ0n) is 12.4. The van der Waals surface area contributed by atoms with E-state index < -0.39 is 10.8 Å². The smallest absolute Gasteiger partial charge is 0.123 e. The van der Waals surface area contributed by atoms with Gasteiger partial charge in [-0.15, -0.1) is 0 Å². The molecule has 0 heterocycles. The van der Waals surface area contributed by atoms with Crippen LogP contribution in [0.3, 0.4) is 0 Å². The van der Waals surface area contributed by atoms with Crippen LogP contribution in [0.1, 0.15) is 33.1 Å². The molecule has 1 aliphatic rings. The van der Waals surface area contributed by atoms with Crippen molar-refractivity contribution >= 4 is 10.8 Å². The normalized spacial score (nSPS) is 28.6. The van der Waals surface area contributed by atoms with Crippen molar-refractivity contribution in [3.63, 3.8) is 0 Å². The quantitative estimate of drug-likeness (QED) is 0.923. The summed E-state index contributed by atoms with van der Waals surface area (Å²) in [6.45, 7) is 4.48. The van der Waals surface area contributed by atoms with E-state index in [1.165, 1.54) is 18.6 Å². The van der Waals surface area contributed by atoms with Gasteiger partial charge in [-0.2, -0.15) is 0 Å². The van der Waals surface area contributed by atoms with Gasteiger partial charge in [0.25, 0.3) is 0 Å². The number of hydrogen-bond acceptors (Lipinski definition) is 2. The van der Waals surface area contributed by atoms with Crippen molar-refractivity contribution in [1.82, 2.24) is 5.32 Å². The summed E-state index contributed by atoms with van der Waals surface area (Å²) in [5.41, 5.74) is 0. The van der Waals surface area contributed by atoms with Gasteiger partial charge in [-0.1, -0.05) is 13.8 Å². The van der Waals surface area contributed by atoms with Crippen LogP contribution >= 0.6 is 0 Å². The van der Waals surface area contributed by atoms with Gasteiger partial charge in [0, 0.05) is 10.9 Å². The Morgan fingerprint density at radius 1 is 1.25 bits per heavy atom. The lowest BCUT2D eigenvalue weighted by molar-refractivity contribution is 0.249. The zero-order chi connectivity index (χ0) is 14.7. The van der Waals surface area contributed by atoms with Gasteiger partial charge in [0.2, 0.25) is 0 Å². The molecule has 1 N–H and O–H groups in total. The first kappa shape index (κ1) is 15.6. The third-order valence-electron chi connectivity index (χ3n) is 4.47. The van der Waals surface area contributed by atoms with Crippen LogP contribution in [0.15, 0.2) is 29.2 Å². The fourth-order valence-electron chi connectivity index (χ4n) is 3.08. The Kier molecular flexibility index (Phi) is 5.33. The van der Waals surface area contributed by atoms with Gasteiger partial charge in [-0.25, -0.2) is 4.39 Å². The Bertz CT molecular complexity index is 460. The predicted molar refractivity (Wildman–Crippen MR) is 81.6 cm³/mol. The fraction of sp³-hybridized carbons (Fsp3) is 0.625. The van der Waals surface area contributed by atoms with E-state index in [-0.39, 0.29) is 17.1 Å². The van der Waals surface area contributed by atoms with E-state index in [0.29, 0.717) is 11.8 Å². The largest absolute Gasteiger partial charge is 0.316 e. The summed E-state index contributed by atoms with van der Waals surface area (Å²) >= 11 is 0. The van der Waals surface area contributed by atoms with Crippen molar-refractivity contribution in [2.24, 2.45) is 11.8 Å². The molecule has 1 fully saturated rings. The van der Waals surface area contributed by atoms with Gasteiger partial charge in [0.05, 0.1) is 16.0 Å².